The molecule has 0 spiro atoms. The standard InChI is InChI=1S/C11H13ClN2O4/c1-17-6-13-11(16)14-9-5-7(10(15)18-2)3-4-8(9)12/h3-5H,6H2,1-2H3,(H2,13,14,16). The molecule has 0 unspecified atom stereocenters. The Morgan fingerprint density at radius 1 is 1.33 bits per heavy atom. The highest BCUT2D eigenvalue weighted by Crippen LogP contribution is 2.23. The van der Waals surface area contributed by atoms with Crippen LogP contribution in [0.3, 0.4) is 0 Å². The van der Waals surface area contributed by atoms with Crippen molar-refractivity contribution in [3.05, 3.63) is 28.8 Å². The van der Waals surface area contributed by atoms with Crippen LogP contribution in [0.4, 0.5) is 10.5 Å². The minimum Gasteiger partial charge on any atom is -0.465 e. The van der Waals surface area contributed by atoms with Crippen LogP contribution in [-0.2, 0) is 9.47 Å². The van der Waals surface area contributed by atoms with Crippen LogP contribution in [-0.4, -0.2) is 33.0 Å². The minimum atomic E-state index is -0.507. The average molecular weight is 273 g/mol. The van der Waals surface area contributed by atoms with Crippen LogP contribution in [0.1, 0.15) is 10.4 Å². The van der Waals surface area contributed by atoms with Crippen molar-refractivity contribution < 1.29 is 19.1 Å². The Morgan fingerprint density at radius 2 is 2.06 bits per heavy atom. The molecule has 0 saturated heterocycles. The van der Waals surface area contributed by atoms with Crippen LogP contribution in [0.5, 0.6) is 0 Å². The summed E-state index contributed by atoms with van der Waals surface area (Å²) in [6.45, 7) is 0.0696. The maximum atomic E-state index is 11.4. The van der Waals surface area contributed by atoms with Gasteiger partial charge in [0.25, 0.3) is 0 Å². The highest BCUT2D eigenvalue weighted by atomic mass is 35.5. The first-order valence-corrected chi connectivity index (χ1v) is 5.38. The lowest BCUT2D eigenvalue weighted by Gasteiger charge is -2.09. The quantitative estimate of drug-likeness (QED) is 0.648. The maximum Gasteiger partial charge on any atom is 0.337 e. The minimum absolute atomic E-state index is 0.0696. The van der Waals surface area contributed by atoms with E-state index in [4.69, 9.17) is 11.6 Å². The topological polar surface area (TPSA) is 76.7 Å². The number of esters is 1. The van der Waals surface area contributed by atoms with Crippen molar-refractivity contribution in [2.24, 2.45) is 0 Å². The maximum absolute atomic E-state index is 11.4. The molecule has 0 aliphatic heterocycles. The molecule has 1 aromatic carbocycles. The molecule has 0 aromatic heterocycles. The molecule has 2 amide bonds. The third kappa shape index (κ3) is 3.90. The number of ether oxygens (including phenoxy) is 2. The van der Waals surface area contributed by atoms with Crippen LogP contribution in [0.25, 0.3) is 0 Å². The van der Waals surface area contributed by atoms with E-state index < -0.39 is 12.0 Å². The first-order chi connectivity index (χ1) is 8.58. The van der Waals surface area contributed by atoms with Gasteiger partial charge in [-0.05, 0) is 18.2 Å². The fourth-order valence-electron chi connectivity index (χ4n) is 1.17. The molecule has 0 bridgehead atoms. The Hall–Kier alpha value is -1.79. The van der Waals surface area contributed by atoms with E-state index >= 15 is 0 Å². The molecule has 0 atom stereocenters. The molecule has 0 aliphatic rings. The Balaban J connectivity index is 2.81. The number of halogens is 1. The number of urea groups is 1. The number of methoxy groups -OCH3 is 2. The monoisotopic (exact) mass is 272 g/mol. The lowest BCUT2D eigenvalue weighted by atomic mass is 10.2. The van der Waals surface area contributed by atoms with E-state index in [2.05, 4.69) is 20.1 Å². The number of hydrogen-bond donors (Lipinski definition) is 2. The number of anilines is 1. The van der Waals surface area contributed by atoms with Gasteiger partial charge in [-0.15, -0.1) is 0 Å². The SMILES string of the molecule is COCNC(=O)Nc1cc(C(=O)OC)ccc1Cl. The van der Waals surface area contributed by atoms with Crippen LogP contribution in [0.2, 0.25) is 5.02 Å². The van der Waals surface area contributed by atoms with Gasteiger partial charge in [0.05, 0.1) is 23.4 Å². The van der Waals surface area contributed by atoms with Crippen LogP contribution in [0, 0.1) is 0 Å². The van der Waals surface area contributed by atoms with Crippen LogP contribution >= 0.6 is 11.6 Å². The lowest BCUT2D eigenvalue weighted by molar-refractivity contribution is 0.0600. The normalized spacial score (nSPS) is 9.72. The summed E-state index contributed by atoms with van der Waals surface area (Å²) in [5.74, 6) is -0.507. The van der Waals surface area contributed by atoms with E-state index in [-0.39, 0.29) is 6.73 Å². The Morgan fingerprint density at radius 3 is 2.67 bits per heavy atom. The second-order valence-electron chi connectivity index (χ2n) is 3.25. The van der Waals surface area contributed by atoms with Gasteiger partial charge >= 0.3 is 12.0 Å². The summed E-state index contributed by atoms with van der Waals surface area (Å²) in [5.41, 5.74) is 0.608. The number of amides is 2. The second-order valence-corrected chi connectivity index (χ2v) is 3.66. The fraction of sp³-hybridized carbons (Fsp3) is 0.273. The van der Waals surface area contributed by atoms with Gasteiger partial charge in [0.1, 0.15) is 6.73 Å². The third-order valence-corrected chi connectivity index (χ3v) is 2.34. The molecule has 0 heterocycles. The van der Waals surface area contributed by atoms with Gasteiger partial charge in [-0.2, -0.15) is 0 Å². The highest BCUT2D eigenvalue weighted by Gasteiger charge is 2.10. The number of nitrogens with one attached hydrogen (secondary N) is 2. The third-order valence-electron chi connectivity index (χ3n) is 2.01. The van der Waals surface area contributed by atoms with E-state index in [1.54, 1.807) is 0 Å². The van der Waals surface area contributed by atoms with E-state index in [0.29, 0.717) is 16.3 Å². The fourth-order valence-corrected chi connectivity index (χ4v) is 1.33. The predicted octanol–water partition coefficient (Wildman–Crippen LogP) is 1.85. The smallest absolute Gasteiger partial charge is 0.337 e. The zero-order chi connectivity index (χ0) is 13.5. The van der Waals surface area contributed by atoms with E-state index in [1.807, 2.05) is 0 Å². The second kappa shape index (κ2) is 6.83. The summed E-state index contributed by atoms with van der Waals surface area (Å²) in [4.78, 5) is 22.7. The average Bonchev–Trinajstić information content (AvgIpc) is 2.38. The Labute approximate surface area is 109 Å². The molecule has 0 aliphatic carbocycles. The summed E-state index contributed by atoms with van der Waals surface area (Å²) in [6, 6.07) is 3.95. The number of carbonyl (C=O) groups is 2. The lowest BCUT2D eigenvalue weighted by Crippen LogP contribution is -2.30. The Bertz CT molecular complexity index is 451. The number of benzene rings is 1. The van der Waals surface area contributed by atoms with Gasteiger partial charge in [0.2, 0.25) is 0 Å². The summed E-state index contributed by atoms with van der Waals surface area (Å²) in [5, 5.41) is 5.23. The van der Waals surface area contributed by atoms with Crippen molar-refractivity contribution in [1.82, 2.24) is 5.32 Å². The van der Waals surface area contributed by atoms with Gasteiger partial charge in [-0.25, -0.2) is 9.59 Å². The van der Waals surface area contributed by atoms with Gasteiger partial charge in [0.15, 0.2) is 0 Å². The van der Waals surface area contributed by atoms with Gasteiger partial charge in [0, 0.05) is 7.11 Å². The van der Waals surface area contributed by atoms with Crippen molar-refractivity contribution in [2.45, 2.75) is 0 Å². The molecule has 1 rings (SSSR count). The first-order valence-electron chi connectivity index (χ1n) is 5.00. The zero-order valence-electron chi connectivity index (χ0n) is 9.95. The zero-order valence-corrected chi connectivity index (χ0v) is 10.7. The van der Waals surface area contributed by atoms with Gasteiger partial charge < -0.3 is 20.1 Å². The molecule has 0 radical (unpaired) electrons. The number of hydrogen-bond acceptors (Lipinski definition) is 4. The largest absolute Gasteiger partial charge is 0.465 e. The van der Waals surface area contributed by atoms with Crippen molar-refractivity contribution in [2.75, 3.05) is 26.3 Å². The highest BCUT2D eigenvalue weighted by molar-refractivity contribution is 6.33. The van der Waals surface area contributed by atoms with Gasteiger partial charge in [-0.3, -0.25) is 0 Å². The van der Waals surface area contributed by atoms with E-state index in [0.717, 1.165) is 0 Å². The predicted molar refractivity (Wildman–Crippen MR) is 66.8 cm³/mol. The first kappa shape index (κ1) is 14.3. The molecule has 0 saturated carbocycles. The summed E-state index contributed by atoms with van der Waals surface area (Å²) >= 11 is 5.90. The molecular weight excluding hydrogens is 260 g/mol. The van der Waals surface area contributed by atoms with Crippen molar-refractivity contribution in [3.8, 4) is 0 Å². The summed E-state index contributed by atoms with van der Waals surface area (Å²) in [7, 11) is 2.72. The summed E-state index contributed by atoms with van der Waals surface area (Å²) < 4.78 is 9.25. The van der Waals surface area contributed by atoms with Crippen molar-refractivity contribution in [3.63, 3.8) is 0 Å². The van der Waals surface area contributed by atoms with E-state index in [1.165, 1.54) is 32.4 Å². The van der Waals surface area contributed by atoms with Crippen LogP contribution < -0.4 is 10.6 Å². The molecular formula is C11H13ClN2O4. The molecule has 1 aromatic rings. The van der Waals surface area contributed by atoms with Crippen molar-refractivity contribution in [1.29, 1.82) is 0 Å². The molecule has 98 valence electrons. The Kier molecular flexibility index (Phi) is 5.41. The number of carbonyl (C=O) groups excluding carboxylic acids is 2. The van der Waals surface area contributed by atoms with Crippen molar-refractivity contribution >= 4 is 29.3 Å². The summed E-state index contributed by atoms with van der Waals surface area (Å²) in [6.07, 6.45) is 0. The van der Waals surface area contributed by atoms with E-state index in [9.17, 15) is 9.59 Å². The number of rotatable bonds is 4. The van der Waals surface area contributed by atoms with Crippen LogP contribution in [0.15, 0.2) is 18.2 Å². The molecule has 0 fully saturated rings. The van der Waals surface area contributed by atoms with Gasteiger partial charge in [-0.1, -0.05) is 11.6 Å². The molecule has 18 heavy (non-hydrogen) atoms. The molecule has 6 nitrogen and oxygen atoms in total. The molecule has 2 N–H and O–H groups in total. The molecule has 7 heteroatoms.